The highest BCUT2D eigenvalue weighted by atomic mass is 16.5. The minimum atomic E-state index is 0.502. The number of hydrogen-bond acceptors (Lipinski definition) is 4. The molecule has 1 N–H and O–H groups in total. The average Bonchev–Trinajstić information content (AvgIpc) is 2.93. The van der Waals surface area contributed by atoms with Gasteiger partial charge < -0.3 is 14.8 Å². The predicted octanol–water partition coefficient (Wildman–Crippen LogP) is 1.64. The van der Waals surface area contributed by atoms with Gasteiger partial charge in [0.05, 0.1) is 25.9 Å². The molecular formula is C16H30N2O2. The Morgan fingerprint density at radius 3 is 3.00 bits per heavy atom. The van der Waals surface area contributed by atoms with Crippen LogP contribution in [0.3, 0.4) is 0 Å². The van der Waals surface area contributed by atoms with Crippen LogP contribution in [0.4, 0.5) is 0 Å². The van der Waals surface area contributed by atoms with Gasteiger partial charge in [-0.2, -0.15) is 0 Å². The highest BCUT2D eigenvalue weighted by Crippen LogP contribution is 2.29. The Morgan fingerprint density at radius 2 is 2.10 bits per heavy atom. The Labute approximate surface area is 123 Å². The van der Waals surface area contributed by atoms with Gasteiger partial charge in [-0.3, -0.25) is 4.90 Å². The molecule has 2 aliphatic heterocycles. The van der Waals surface area contributed by atoms with Crippen molar-refractivity contribution in [2.45, 2.75) is 57.2 Å². The van der Waals surface area contributed by atoms with Crippen molar-refractivity contribution >= 4 is 0 Å². The second kappa shape index (κ2) is 7.21. The molecule has 0 aromatic heterocycles. The summed E-state index contributed by atoms with van der Waals surface area (Å²) in [6.45, 7) is 8.37. The summed E-state index contributed by atoms with van der Waals surface area (Å²) in [5.74, 6) is 0.655. The summed E-state index contributed by atoms with van der Waals surface area (Å²) in [7, 11) is 0. The van der Waals surface area contributed by atoms with Crippen LogP contribution in [0.25, 0.3) is 0 Å². The normalized spacial score (nSPS) is 38.9. The van der Waals surface area contributed by atoms with E-state index in [1.165, 1.54) is 38.6 Å². The highest BCUT2D eigenvalue weighted by Gasteiger charge is 2.37. The molecule has 4 unspecified atom stereocenters. The van der Waals surface area contributed by atoms with Gasteiger partial charge in [-0.25, -0.2) is 0 Å². The molecule has 4 atom stereocenters. The lowest BCUT2D eigenvalue weighted by Crippen LogP contribution is -2.55. The number of ether oxygens (including phenoxy) is 2. The zero-order chi connectivity index (χ0) is 13.8. The van der Waals surface area contributed by atoms with Crippen molar-refractivity contribution in [3.8, 4) is 0 Å². The van der Waals surface area contributed by atoms with Gasteiger partial charge in [-0.15, -0.1) is 0 Å². The van der Waals surface area contributed by atoms with Crippen molar-refractivity contribution in [1.29, 1.82) is 0 Å². The van der Waals surface area contributed by atoms with E-state index in [1.54, 1.807) is 0 Å². The molecule has 1 saturated carbocycles. The summed E-state index contributed by atoms with van der Waals surface area (Å²) in [5.41, 5.74) is 0. The topological polar surface area (TPSA) is 33.7 Å². The van der Waals surface area contributed by atoms with Crippen molar-refractivity contribution in [1.82, 2.24) is 10.2 Å². The summed E-state index contributed by atoms with van der Waals surface area (Å²) < 4.78 is 11.7. The molecule has 0 aromatic rings. The van der Waals surface area contributed by atoms with Crippen LogP contribution in [0, 0.1) is 5.92 Å². The van der Waals surface area contributed by atoms with Gasteiger partial charge in [0.1, 0.15) is 0 Å². The van der Waals surface area contributed by atoms with Crippen molar-refractivity contribution in [3.05, 3.63) is 0 Å². The van der Waals surface area contributed by atoms with Gasteiger partial charge in [-0.05, 0) is 25.8 Å². The van der Waals surface area contributed by atoms with Gasteiger partial charge in [0.25, 0.3) is 0 Å². The standard InChI is InChI=1S/C16H30N2O2/c1-2-7-17-14-12-19-11-13(14)10-18-8-9-20-16-6-4-3-5-15(16)18/h13-17H,2-12H2,1H3. The fraction of sp³-hybridized carbons (Fsp3) is 1.00. The van der Waals surface area contributed by atoms with Crippen molar-refractivity contribution in [2.24, 2.45) is 5.92 Å². The minimum absolute atomic E-state index is 0.502. The van der Waals surface area contributed by atoms with E-state index < -0.39 is 0 Å². The van der Waals surface area contributed by atoms with Crippen molar-refractivity contribution in [2.75, 3.05) is 39.5 Å². The van der Waals surface area contributed by atoms with Gasteiger partial charge in [0, 0.05) is 31.1 Å². The second-order valence-corrected chi connectivity index (χ2v) is 6.61. The summed E-state index contributed by atoms with van der Waals surface area (Å²) >= 11 is 0. The molecule has 0 amide bonds. The van der Waals surface area contributed by atoms with Gasteiger partial charge in [0.2, 0.25) is 0 Å². The SMILES string of the molecule is CCCNC1COCC1CN1CCOC2CCCCC21. The lowest BCUT2D eigenvalue weighted by atomic mass is 9.89. The van der Waals surface area contributed by atoms with E-state index >= 15 is 0 Å². The summed E-state index contributed by atoms with van der Waals surface area (Å²) in [5, 5.41) is 3.66. The Kier molecular flexibility index (Phi) is 5.32. The summed E-state index contributed by atoms with van der Waals surface area (Å²) in [4.78, 5) is 2.70. The Hall–Kier alpha value is -0.160. The molecule has 20 heavy (non-hydrogen) atoms. The summed E-state index contributed by atoms with van der Waals surface area (Å²) in [6.07, 6.45) is 7.01. The maximum Gasteiger partial charge on any atom is 0.0730 e. The monoisotopic (exact) mass is 282 g/mol. The molecule has 0 bridgehead atoms. The third kappa shape index (κ3) is 3.35. The summed E-state index contributed by atoms with van der Waals surface area (Å²) in [6, 6.07) is 1.23. The Balaban J connectivity index is 1.55. The van der Waals surface area contributed by atoms with Crippen molar-refractivity contribution in [3.63, 3.8) is 0 Å². The lowest BCUT2D eigenvalue weighted by Gasteiger charge is -2.45. The molecule has 4 heteroatoms. The molecule has 2 heterocycles. The molecule has 3 fully saturated rings. The van der Waals surface area contributed by atoms with E-state index in [9.17, 15) is 0 Å². The molecule has 1 aliphatic carbocycles. The van der Waals surface area contributed by atoms with Crippen LogP contribution in [0.5, 0.6) is 0 Å². The van der Waals surface area contributed by atoms with Crippen LogP contribution in [-0.4, -0.2) is 62.5 Å². The third-order valence-electron chi connectivity index (χ3n) is 5.17. The van der Waals surface area contributed by atoms with E-state index in [2.05, 4.69) is 17.1 Å². The fourth-order valence-electron chi connectivity index (χ4n) is 4.04. The number of nitrogens with one attached hydrogen (secondary N) is 1. The predicted molar refractivity (Wildman–Crippen MR) is 80.0 cm³/mol. The molecule has 4 nitrogen and oxygen atoms in total. The first-order valence-corrected chi connectivity index (χ1v) is 8.55. The molecule has 116 valence electrons. The molecule has 3 rings (SSSR count). The first-order valence-electron chi connectivity index (χ1n) is 8.55. The van der Waals surface area contributed by atoms with E-state index in [1.807, 2.05) is 0 Å². The largest absolute Gasteiger partial charge is 0.379 e. The smallest absolute Gasteiger partial charge is 0.0730 e. The zero-order valence-electron chi connectivity index (χ0n) is 12.9. The molecule has 0 aromatic carbocycles. The lowest BCUT2D eigenvalue weighted by molar-refractivity contribution is -0.0926. The average molecular weight is 282 g/mol. The van der Waals surface area contributed by atoms with Gasteiger partial charge in [-0.1, -0.05) is 19.8 Å². The molecular weight excluding hydrogens is 252 g/mol. The number of nitrogens with zero attached hydrogens (tertiary/aromatic N) is 1. The number of hydrogen-bond donors (Lipinski definition) is 1. The number of fused-ring (bicyclic) bond motifs is 1. The zero-order valence-corrected chi connectivity index (χ0v) is 12.9. The number of morpholine rings is 1. The number of rotatable bonds is 5. The maximum absolute atomic E-state index is 5.98. The van der Waals surface area contributed by atoms with E-state index in [-0.39, 0.29) is 0 Å². The van der Waals surface area contributed by atoms with E-state index in [0.717, 1.165) is 32.9 Å². The third-order valence-corrected chi connectivity index (χ3v) is 5.17. The van der Waals surface area contributed by atoms with Crippen molar-refractivity contribution < 1.29 is 9.47 Å². The van der Waals surface area contributed by atoms with E-state index in [4.69, 9.17) is 9.47 Å². The van der Waals surface area contributed by atoms with Crippen LogP contribution in [-0.2, 0) is 9.47 Å². The first-order chi connectivity index (χ1) is 9.88. The van der Waals surface area contributed by atoms with Crippen LogP contribution < -0.4 is 5.32 Å². The molecule has 2 saturated heterocycles. The van der Waals surface area contributed by atoms with E-state index in [0.29, 0.717) is 24.1 Å². The van der Waals surface area contributed by atoms with Gasteiger partial charge >= 0.3 is 0 Å². The fourth-order valence-corrected chi connectivity index (χ4v) is 4.04. The first kappa shape index (κ1) is 14.8. The van der Waals surface area contributed by atoms with Crippen LogP contribution in [0.2, 0.25) is 0 Å². The van der Waals surface area contributed by atoms with Gasteiger partial charge in [0.15, 0.2) is 0 Å². The Bertz CT molecular complexity index is 298. The molecule has 0 radical (unpaired) electrons. The molecule has 3 aliphatic rings. The van der Waals surface area contributed by atoms with Crippen LogP contribution in [0.1, 0.15) is 39.0 Å². The van der Waals surface area contributed by atoms with Crippen LogP contribution >= 0.6 is 0 Å². The quantitative estimate of drug-likeness (QED) is 0.831. The van der Waals surface area contributed by atoms with Crippen LogP contribution in [0.15, 0.2) is 0 Å². The second-order valence-electron chi connectivity index (χ2n) is 6.61. The minimum Gasteiger partial charge on any atom is -0.379 e. The maximum atomic E-state index is 5.98. The molecule has 0 spiro atoms. The Morgan fingerprint density at radius 1 is 1.20 bits per heavy atom. The highest BCUT2D eigenvalue weighted by molar-refractivity contribution is 4.91.